The van der Waals surface area contributed by atoms with Crippen LogP contribution in [0.2, 0.25) is 0 Å². The zero-order chi connectivity index (χ0) is 11.9. The van der Waals surface area contributed by atoms with E-state index in [0.29, 0.717) is 0 Å². The summed E-state index contributed by atoms with van der Waals surface area (Å²) < 4.78 is 4.81. The van der Waals surface area contributed by atoms with Gasteiger partial charge in [0.05, 0.1) is 0 Å². The smallest absolute Gasteiger partial charge is 0.423 e. The van der Waals surface area contributed by atoms with Gasteiger partial charge in [0.25, 0.3) is 0 Å². The van der Waals surface area contributed by atoms with Crippen LogP contribution in [0.1, 0.15) is 0 Å². The van der Waals surface area contributed by atoms with Gasteiger partial charge in [-0.1, -0.05) is 4.17 Å². The molecule has 0 aliphatic heterocycles. The summed E-state index contributed by atoms with van der Waals surface area (Å²) in [5, 5.41) is 19.2. The Bertz CT molecular complexity index is 237. The van der Waals surface area contributed by atoms with Gasteiger partial charge in [-0.15, -0.1) is 0 Å². The molecule has 0 heterocycles. The van der Waals surface area contributed by atoms with Crippen molar-refractivity contribution in [3.05, 3.63) is 0 Å². The van der Waals surface area contributed by atoms with E-state index in [-0.39, 0.29) is 12.4 Å². The maximum absolute atomic E-state index is 4.81. The van der Waals surface area contributed by atoms with Crippen LogP contribution in [0.4, 0.5) is 0 Å². The van der Waals surface area contributed by atoms with Gasteiger partial charge < -0.3 is 12.4 Å². The lowest BCUT2D eigenvalue weighted by atomic mass is 11.6. The van der Waals surface area contributed by atoms with E-state index in [2.05, 4.69) is 30.5 Å². The van der Waals surface area contributed by atoms with Gasteiger partial charge in [-0.25, -0.2) is 30.5 Å². The minimum atomic E-state index is -1.87. The van der Waals surface area contributed by atoms with Gasteiger partial charge >= 0.3 is 15.0 Å². The number of halogens is 1. The second-order valence-electron chi connectivity index (χ2n) is 2.70. The molecule has 0 atom stereocenters. The molecular weight excluding hydrogens is 268 g/mol. The summed E-state index contributed by atoms with van der Waals surface area (Å²) in [6, 6.07) is 0. The van der Waals surface area contributed by atoms with Crippen molar-refractivity contribution in [3.8, 4) is 0 Å². The lowest BCUT2D eigenvalue weighted by Crippen LogP contribution is -3.00. The Kier molecular flexibility index (Phi) is 10.3. The fraction of sp³-hybridized carbons (Fsp3) is 1.00. The van der Waals surface area contributed by atoms with Crippen molar-refractivity contribution < 1.29 is 12.4 Å². The van der Waals surface area contributed by atoms with E-state index in [1.165, 1.54) is 0 Å². The molecule has 0 unspecified atom stereocenters. The van der Waals surface area contributed by atoms with Crippen molar-refractivity contribution in [2.24, 2.45) is 0 Å². The number of nitrogens with one attached hydrogen (secondary N) is 6. The molecular formula is C6H24ClN7P2. The first-order chi connectivity index (χ1) is 7.07. The van der Waals surface area contributed by atoms with Crippen LogP contribution in [0.15, 0.2) is 0 Å². The Labute approximate surface area is 105 Å². The highest BCUT2D eigenvalue weighted by Gasteiger charge is 2.30. The molecule has 0 aromatic carbocycles. The molecule has 10 heteroatoms. The third kappa shape index (κ3) is 4.47. The van der Waals surface area contributed by atoms with Gasteiger partial charge in [-0.05, 0) is 42.3 Å². The Balaban J connectivity index is 0. The topological polar surface area (TPSA) is 86.3 Å². The van der Waals surface area contributed by atoms with E-state index in [1.54, 1.807) is 0 Å². The minimum Gasteiger partial charge on any atom is -1.00 e. The fourth-order valence-electron chi connectivity index (χ4n) is 1.14. The third-order valence-electron chi connectivity index (χ3n) is 2.21. The molecule has 0 aromatic rings. The largest absolute Gasteiger partial charge is 1.00 e. The van der Waals surface area contributed by atoms with Crippen LogP contribution in [0.25, 0.3) is 0 Å². The van der Waals surface area contributed by atoms with Crippen molar-refractivity contribution in [2.45, 2.75) is 0 Å². The third-order valence-corrected chi connectivity index (χ3v) is 8.24. The molecule has 0 amide bonds. The lowest BCUT2D eigenvalue weighted by molar-refractivity contribution is -0.00000404. The zero-order valence-electron chi connectivity index (χ0n) is 10.7. The molecule has 0 fully saturated rings. The van der Waals surface area contributed by atoms with Crippen LogP contribution in [0.3, 0.4) is 0 Å². The van der Waals surface area contributed by atoms with E-state index in [4.69, 9.17) is 4.17 Å². The summed E-state index contributed by atoms with van der Waals surface area (Å²) in [5.74, 6) is 0. The van der Waals surface area contributed by atoms with E-state index >= 15 is 0 Å². The predicted molar refractivity (Wildman–Crippen MR) is 70.3 cm³/mol. The highest BCUT2D eigenvalue weighted by atomic mass is 35.5. The molecule has 0 bridgehead atoms. The fourth-order valence-corrected chi connectivity index (χ4v) is 6.24. The second kappa shape index (κ2) is 8.67. The van der Waals surface area contributed by atoms with Crippen LogP contribution >= 0.6 is 15.0 Å². The number of hydrogen-bond donors (Lipinski definition) is 6. The molecule has 100 valence electrons. The summed E-state index contributed by atoms with van der Waals surface area (Å²) in [7, 11) is 7.59. The second-order valence-corrected chi connectivity index (χ2v) is 8.64. The molecule has 0 aliphatic carbocycles. The molecule has 6 N–H and O–H groups in total. The van der Waals surface area contributed by atoms with Gasteiger partial charge in [-0.2, -0.15) is 0 Å². The number of hydrogen-bond acceptors (Lipinski definition) is 0. The van der Waals surface area contributed by atoms with Crippen molar-refractivity contribution in [1.29, 1.82) is 0 Å². The van der Waals surface area contributed by atoms with Crippen LogP contribution < -0.4 is 47.1 Å². The Morgan fingerprint density at radius 2 is 0.750 bits per heavy atom. The lowest BCUT2D eigenvalue weighted by Gasteiger charge is -2.13. The predicted octanol–water partition coefficient (Wildman–Crippen LogP) is -3.73. The first kappa shape index (κ1) is 19.0. The van der Waals surface area contributed by atoms with Crippen LogP contribution in [0.5, 0.6) is 0 Å². The normalized spacial score (nSPS) is 11.9. The molecule has 0 aliphatic rings. The summed E-state index contributed by atoms with van der Waals surface area (Å²) in [4.78, 5) is 0. The average Bonchev–Trinajstić information content (AvgIpc) is 2.33. The zero-order valence-corrected chi connectivity index (χ0v) is 13.3. The average molecular weight is 292 g/mol. The van der Waals surface area contributed by atoms with Gasteiger partial charge in [-0.3, -0.25) is 0 Å². The van der Waals surface area contributed by atoms with E-state index in [0.717, 1.165) is 0 Å². The molecule has 16 heavy (non-hydrogen) atoms. The maximum Gasteiger partial charge on any atom is 0.423 e. The first-order valence-electron chi connectivity index (χ1n) is 4.74. The van der Waals surface area contributed by atoms with Crippen LogP contribution in [-0.2, 0) is 0 Å². The van der Waals surface area contributed by atoms with Crippen molar-refractivity contribution >= 4 is 15.0 Å². The van der Waals surface area contributed by atoms with Gasteiger partial charge in [0.1, 0.15) is 0 Å². The van der Waals surface area contributed by atoms with Crippen molar-refractivity contribution in [3.63, 3.8) is 0 Å². The summed E-state index contributed by atoms with van der Waals surface area (Å²) in [5.41, 5.74) is 0. The van der Waals surface area contributed by atoms with E-state index in [1.807, 2.05) is 42.3 Å². The number of rotatable bonds is 6. The maximum atomic E-state index is 4.81. The molecule has 0 spiro atoms. The highest BCUT2D eigenvalue weighted by Crippen LogP contribution is 2.35. The quantitative estimate of drug-likeness (QED) is 0.223. The Morgan fingerprint density at radius 3 is 0.875 bits per heavy atom. The molecule has 7 nitrogen and oxygen atoms in total. The Morgan fingerprint density at radius 1 is 0.562 bits per heavy atom. The number of nitrogens with zero attached hydrogens (tertiary/aromatic N) is 1. The minimum absolute atomic E-state index is 0. The molecule has 0 rings (SSSR count). The molecule has 0 radical (unpaired) electrons. The highest BCUT2D eigenvalue weighted by molar-refractivity contribution is 7.67. The van der Waals surface area contributed by atoms with Gasteiger partial charge in [0.2, 0.25) is 0 Å². The summed E-state index contributed by atoms with van der Waals surface area (Å²) >= 11 is 0. The van der Waals surface area contributed by atoms with Gasteiger partial charge in [0.15, 0.2) is 0 Å². The summed E-state index contributed by atoms with van der Waals surface area (Å²) in [6.07, 6.45) is 0. The van der Waals surface area contributed by atoms with Gasteiger partial charge in [0, 0.05) is 0 Å². The Hall–Kier alpha value is 0.620. The molecule has 0 saturated heterocycles. The molecule has 0 aromatic heterocycles. The standard InChI is InChI=1S/C6H23N7P2.ClH/c1-7-14(8-2,9-3)13-15(10-4,11-5)12-6;/h1-6H3,(H5,7,8,9,10,11,12,13);1H. The van der Waals surface area contributed by atoms with E-state index < -0.39 is 15.0 Å². The van der Waals surface area contributed by atoms with E-state index in [9.17, 15) is 0 Å². The van der Waals surface area contributed by atoms with Crippen molar-refractivity contribution in [2.75, 3.05) is 42.3 Å². The van der Waals surface area contributed by atoms with Crippen LogP contribution in [-0.4, -0.2) is 42.3 Å². The SMILES string of the molecule is CNP(=[N+]=P(NC)(NC)NC)(NC)NC.[Cl-]. The van der Waals surface area contributed by atoms with Crippen LogP contribution in [0, 0.1) is 0 Å². The summed E-state index contributed by atoms with van der Waals surface area (Å²) in [6.45, 7) is 0. The monoisotopic (exact) mass is 291 g/mol. The van der Waals surface area contributed by atoms with Crippen molar-refractivity contribution in [1.82, 2.24) is 34.7 Å². The first-order valence-corrected chi connectivity index (χ1v) is 8.22. The molecule has 0 saturated carbocycles.